The number of halogens is 3. The van der Waals surface area contributed by atoms with Gasteiger partial charge in [-0.3, -0.25) is 9.69 Å². The monoisotopic (exact) mass is 327 g/mol. The van der Waals surface area contributed by atoms with E-state index in [4.69, 9.17) is 9.47 Å². The molecule has 1 aliphatic rings. The fraction of sp³-hybridized carbons (Fsp3) is 0.929. The number of rotatable bonds is 5. The molecule has 0 bridgehead atoms. The number of ether oxygens (including phenoxy) is 2. The molecule has 0 spiro atoms. The molecule has 1 N–H and O–H groups in total. The van der Waals surface area contributed by atoms with Crippen LogP contribution in [0.15, 0.2) is 0 Å². The summed E-state index contributed by atoms with van der Waals surface area (Å²) in [5, 5.41) is 9.28. The summed E-state index contributed by atoms with van der Waals surface area (Å²) in [6, 6.07) is -0.238. The van der Waals surface area contributed by atoms with E-state index in [0.29, 0.717) is 26.1 Å². The van der Waals surface area contributed by atoms with Crippen LogP contribution in [0.25, 0.3) is 0 Å². The molecule has 0 aromatic rings. The van der Waals surface area contributed by atoms with Gasteiger partial charge in [0.15, 0.2) is 6.10 Å². The third-order valence-corrected chi connectivity index (χ3v) is 3.24. The van der Waals surface area contributed by atoms with Crippen molar-refractivity contribution in [3.05, 3.63) is 0 Å². The predicted octanol–water partition coefficient (Wildman–Crippen LogP) is 1.73. The molecule has 1 atom stereocenters. The van der Waals surface area contributed by atoms with Crippen LogP contribution in [0.2, 0.25) is 0 Å². The quantitative estimate of drug-likeness (QED) is 0.780. The summed E-state index contributed by atoms with van der Waals surface area (Å²) in [7, 11) is 0. The van der Waals surface area contributed by atoms with E-state index >= 15 is 0 Å². The highest BCUT2D eigenvalue weighted by Crippen LogP contribution is 2.23. The highest BCUT2D eigenvalue weighted by Gasteiger charge is 2.40. The van der Waals surface area contributed by atoms with Crippen LogP contribution in [-0.4, -0.2) is 66.2 Å². The molecule has 8 heteroatoms. The molecule has 5 nitrogen and oxygen atoms in total. The van der Waals surface area contributed by atoms with Gasteiger partial charge in [0.25, 0.3) is 0 Å². The van der Waals surface area contributed by atoms with Crippen LogP contribution < -0.4 is 0 Å². The molecule has 1 heterocycles. The van der Waals surface area contributed by atoms with Gasteiger partial charge in [0.1, 0.15) is 5.60 Å². The maximum atomic E-state index is 12.6. The Morgan fingerprint density at radius 3 is 2.32 bits per heavy atom. The van der Waals surface area contributed by atoms with Gasteiger partial charge in [-0.2, -0.15) is 13.2 Å². The van der Waals surface area contributed by atoms with Gasteiger partial charge in [0.05, 0.1) is 6.54 Å². The number of aliphatic hydroxyl groups excluding tert-OH is 1. The molecule has 1 unspecified atom stereocenters. The van der Waals surface area contributed by atoms with Gasteiger partial charge < -0.3 is 14.6 Å². The Morgan fingerprint density at radius 2 is 1.86 bits per heavy atom. The third-order valence-electron chi connectivity index (χ3n) is 3.24. The van der Waals surface area contributed by atoms with E-state index in [1.165, 1.54) is 4.90 Å². The number of carbonyl (C=O) groups is 1. The third kappa shape index (κ3) is 6.93. The van der Waals surface area contributed by atoms with Gasteiger partial charge in [-0.15, -0.1) is 0 Å². The Bertz CT molecular complexity index is 362. The smallest absolute Gasteiger partial charge is 0.415 e. The second kappa shape index (κ2) is 7.61. The lowest BCUT2D eigenvalue weighted by Gasteiger charge is -2.35. The van der Waals surface area contributed by atoms with Gasteiger partial charge in [-0.1, -0.05) is 0 Å². The molecular weight excluding hydrogens is 303 g/mol. The predicted molar refractivity (Wildman–Crippen MR) is 73.3 cm³/mol. The van der Waals surface area contributed by atoms with Gasteiger partial charge in [-0.05, 0) is 33.6 Å². The number of hydrogen-bond donors (Lipinski definition) is 1. The first-order valence-electron chi connectivity index (χ1n) is 7.27. The largest absolute Gasteiger partial charge is 0.459 e. The molecule has 0 saturated carbocycles. The van der Waals surface area contributed by atoms with Crippen molar-refractivity contribution >= 4 is 5.97 Å². The van der Waals surface area contributed by atoms with Crippen molar-refractivity contribution < 1.29 is 32.5 Å². The van der Waals surface area contributed by atoms with E-state index in [-0.39, 0.29) is 12.6 Å². The van der Waals surface area contributed by atoms with Crippen LogP contribution in [0, 0.1) is 0 Å². The van der Waals surface area contributed by atoms with Gasteiger partial charge in [0, 0.05) is 25.8 Å². The molecule has 130 valence electrons. The van der Waals surface area contributed by atoms with Gasteiger partial charge in [0.2, 0.25) is 0 Å². The van der Waals surface area contributed by atoms with Crippen molar-refractivity contribution in [1.29, 1.82) is 0 Å². The number of nitrogens with zero attached hydrogens (tertiary/aromatic N) is 1. The maximum Gasteiger partial charge on any atom is 0.415 e. The number of aliphatic hydroxyl groups is 1. The summed E-state index contributed by atoms with van der Waals surface area (Å²) >= 11 is 0. The van der Waals surface area contributed by atoms with E-state index in [9.17, 15) is 23.1 Å². The van der Waals surface area contributed by atoms with Crippen molar-refractivity contribution in [2.75, 3.05) is 26.3 Å². The Balaban J connectivity index is 2.71. The zero-order valence-electron chi connectivity index (χ0n) is 13.2. The molecule has 0 amide bonds. The van der Waals surface area contributed by atoms with Gasteiger partial charge >= 0.3 is 12.1 Å². The van der Waals surface area contributed by atoms with Crippen LogP contribution in [-0.2, 0) is 14.3 Å². The van der Waals surface area contributed by atoms with Crippen LogP contribution in [0.1, 0.15) is 33.6 Å². The molecule has 1 fully saturated rings. The minimum Gasteiger partial charge on any atom is -0.459 e. The number of hydrogen-bond acceptors (Lipinski definition) is 5. The summed E-state index contributed by atoms with van der Waals surface area (Å²) in [6.07, 6.45) is -6.16. The lowest BCUT2D eigenvalue weighted by Crippen LogP contribution is -2.49. The average Bonchev–Trinajstić information content (AvgIpc) is 2.35. The molecule has 0 aliphatic carbocycles. The van der Waals surface area contributed by atoms with Crippen molar-refractivity contribution in [1.82, 2.24) is 4.90 Å². The highest BCUT2D eigenvalue weighted by atomic mass is 19.4. The van der Waals surface area contributed by atoms with E-state index < -0.39 is 30.4 Å². The fourth-order valence-electron chi connectivity index (χ4n) is 2.26. The van der Waals surface area contributed by atoms with Crippen molar-refractivity contribution in [3.63, 3.8) is 0 Å². The number of carbonyl (C=O) groups excluding carboxylic acids is 1. The first-order valence-corrected chi connectivity index (χ1v) is 7.27. The second-order valence-electron chi connectivity index (χ2n) is 6.42. The first kappa shape index (κ1) is 19.2. The van der Waals surface area contributed by atoms with Crippen molar-refractivity contribution in [3.8, 4) is 0 Å². The lowest BCUT2D eigenvalue weighted by atomic mass is 10.1. The minimum absolute atomic E-state index is 0.238. The van der Waals surface area contributed by atoms with Crippen molar-refractivity contribution in [2.45, 2.75) is 57.5 Å². The fourth-order valence-corrected chi connectivity index (χ4v) is 2.26. The Hall–Kier alpha value is -0.860. The molecular formula is C14H24F3NO4. The Morgan fingerprint density at radius 1 is 1.32 bits per heavy atom. The zero-order valence-corrected chi connectivity index (χ0v) is 13.2. The summed E-state index contributed by atoms with van der Waals surface area (Å²) in [4.78, 5) is 13.2. The summed E-state index contributed by atoms with van der Waals surface area (Å²) in [5.74, 6) is -0.603. The normalized spacial score (nSPS) is 19.3. The average molecular weight is 327 g/mol. The number of esters is 1. The molecule has 1 rings (SSSR count). The Kier molecular flexibility index (Phi) is 6.64. The summed E-state index contributed by atoms with van der Waals surface area (Å²) in [6.45, 7) is 4.99. The highest BCUT2D eigenvalue weighted by molar-refractivity contribution is 5.72. The Labute approximate surface area is 128 Å². The molecule has 1 aliphatic heterocycles. The van der Waals surface area contributed by atoms with E-state index in [1.54, 1.807) is 20.8 Å². The first-order chi connectivity index (χ1) is 9.99. The van der Waals surface area contributed by atoms with E-state index in [2.05, 4.69) is 0 Å². The topological polar surface area (TPSA) is 59.0 Å². The van der Waals surface area contributed by atoms with E-state index in [0.717, 1.165) is 0 Å². The molecule has 0 aromatic carbocycles. The lowest BCUT2D eigenvalue weighted by molar-refractivity contribution is -0.211. The SMILES string of the molecule is CC(C)(C)OC(=O)CN(CC(O)C(F)(F)F)C1CCOCC1. The molecule has 0 aromatic heterocycles. The standard InChI is InChI=1S/C14H24F3NO4/c1-13(2,3)22-12(20)9-18(8-11(19)14(15,16)17)10-4-6-21-7-5-10/h10-11,19H,4-9H2,1-3H3. The zero-order chi connectivity index (χ0) is 17.0. The summed E-state index contributed by atoms with van der Waals surface area (Å²) < 4.78 is 48.0. The van der Waals surface area contributed by atoms with Crippen molar-refractivity contribution in [2.24, 2.45) is 0 Å². The molecule has 22 heavy (non-hydrogen) atoms. The number of alkyl halides is 3. The summed E-state index contributed by atoms with van der Waals surface area (Å²) in [5.41, 5.74) is -0.707. The second-order valence-corrected chi connectivity index (χ2v) is 6.42. The van der Waals surface area contributed by atoms with Crippen LogP contribution in [0.3, 0.4) is 0 Å². The molecule has 0 radical (unpaired) electrons. The maximum absolute atomic E-state index is 12.6. The molecule has 1 saturated heterocycles. The minimum atomic E-state index is -4.71. The van der Waals surface area contributed by atoms with E-state index in [1.807, 2.05) is 0 Å². The van der Waals surface area contributed by atoms with Gasteiger partial charge in [-0.25, -0.2) is 0 Å². The van der Waals surface area contributed by atoms with Crippen LogP contribution >= 0.6 is 0 Å². The van der Waals surface area contributed by atoms with Crippen LogP contribution in [0.5, 0.6) is 0 Å². The van der Waals surface area contributed by atoms with Crippen LogP contribution in [0.4, 0.5) is 13.2 Å².